The van der Waals surface area contributed by atoms with Crippen LogP contribution >= 0.6 is 23.3 Å². The quantitative estimate of drug-likeness (QED) is 0.643. The van der Waals surface area contributed by atoms with Crippen LogP contribution in [0.15, 0.2) is 42.7 Å². The first kappa shape index (κ1) is 14.7. The van der Waals surface area contributed by atoms with Gasteiger partial charge in [-0.3, -0.25) is 4.57 Å². The van der Waals surface area contributed by atoms with Gasteiger partial charge in [-0.15, -0.1) is 0 Å². The largest absolute Gasteiger partial charge is 0.374 e. The third kappa shape index (κ3) is 2.71. The van der Waals surface area contributed by atoms with Crippen LogP contribution in [0.2, 0.25) is 0 Å². The highest BCUT2D eigenvalue weighted by Gasteiger charge is 2.46. The van der Waals surface area contributed by atoms with Gasteiger partial charge in [-0.05, 0) is 18.3 Å². The van der Waals surface area contributed by atoms with Gasteiger partial charge in [-0.2, -0.15) is 0 Å². The molecule has 0 saturated carbocycles. The molecule has 94 valence electrons. The number of hydrogen-bond donors (Lipinski definition) is 1. The molecule has 0 fully saturated rings. The highest BCUT2D eigenvalue weighted by molar-refractivity contribution is 9.09. The first-order valence-electron chi connectivity index (χ1n) is 5.26. The minimum atomic E-state index is -3.37. The molecule has 0 aliphatic carbocycles. The number of aliphatic hydroxyl groups is 1. The van der Waals surface area contributed by atoms with Crippen molar-refractivity contribution in [3.8, 4) is 0 Å². The summed E-state index contributed by atoms with van der Waals surface area (Å²) in [6.45, 7) is 5.51. The Morgan fingerprint density at radius 3 is 2.53 bits per heavy atom. The van der Waals surface area contributed by atoms with Gasteiger partial charge < -0.3 is 9.63 Å². The van der Waals surface area contributed by atoms with Gasteiger partial charge >= 0.3 is 0 Å². The summed E-state index contributed by atoms with van der Waals surface area (Å²) in [7, 11) is -3.37. The van der Waals surface area contributed by atoms with Gasteiger partial charge in [0, 0.05) is 5.33 Å². The van der Waals surface area contributed by atoms with E-state index in [2.05, 4.69) is 22.5 Å². The molecule has 1 aromatic rings. The third-order valence-corrected chi connectivity index (χ3v) is 6.31. The van der Waals surface area contributed by atoms with Crippen LogP contribution in [-0.2, 0) is 14.4 Å². The normalized spacial score (nSPS) is 18.1. The summed E-state index contributed by atoms with van der Waals surface area (Å²) >= 11 is 3.21. The van der Waals surface area contributed by atoms with Crippen LogP contribution in [-0.4, -0.2) is 17.0 Å². The molecule has 0 aliphatic rings. The second kappa shape index (κ2) is 5.96. The number of hydrogen-bond acceptors (Lipinski definition) is 3. The molecule has 0 amide bonds. The summed E-state index contributed by atoms with van der Waals surface area (Å²) in [5.41, 5.74) is 0.550. The van der Waals surface area contributed by atoms with Crippen LogP contribution in [0.5, 0.6) is 0 Å². The Hall–Kier alpha value is -0.410. The monoisotopic (exact) mass is 318 g/mol. The number of halogens is 1. The third-order valence-electron chi connectivity index (χ3n) is 2.50. The molecule has 1 N–H and O–H groups in total. The Balaban J connectivity index is 3.29. The van der Waals surface area contributed by atoms with Crippen molar-refractivity contribution in [1.82, 2.24) is 0 Å². The lowest BCUT2D eigenvalue weighted by atomic mass is 10.1. The molecule has 0 radical (unpaired) electrons. The van der Waals surface area contributed by atoms with Gasteiger partial charge in [0.2, 0.25) is 0 Å². The van der Waals surface area contributed by atoms with Crippen LogP contribution in [0.3, 0.4) is 0 Å². The van der Waals surface area contributed by atoms with Gasteiger partial charge in [-0.25, -0.2) is 0 Å². The number of rotatable bonds is 6. The lowest BCUT2D eigenvalue weighted by Gasteiger charge is -2.32. The van der Waals surface area contributed by atoms with Gasteiger partial charge in [0.1, 0.15) is 0 Å². The van der Waals surface area contributed by atoms with Gasteiger partial charge in [-0.1, -0.05) is 52.8 Å². The zero-order chi connectivity index (χ0) is 12.9. The fourth-order valence-corrected chi connectivity index (χ4v) is 4.60. The SMILES string of the molecule is C=C[P@](=O)(OCC)[C@@](O)(CBr)c1ccccc1. The Bertz CT molecular complexity index is 421. The number of benzene rings is 1. The van der Waals surface area contributed by atoms with Crippen molar-refractivity contribution in [3.05, 3.63) is 48.3 Å². The van der Waals surface area contributed by atoms with Crippen molar-refractivity contribution in [2.45, 2.75) is 12.3 Å². The molecule has 3 nitrogen and oxygen atoms in total. The molecule has 5 heteroatoms. The maximum atomic E-state index is 12.6. The van der Waals surface area contributed by atoms with Gasteiger partial charge in [0.05, 0.1) is 6.61 Å². The Labute approximate surface area is 110 Å². The Morgan fingerprint density at radius 2 is 2.12 bits per heavy atom. The van der Waals surface area contributed by atoms with E-state index in [1.807, 2.05) is 6.07 Å². The van der Waals surface area contributed by atoms with Crippen molar-refractivity contribution in [2.75, 3.05) is 11.9 Å². The second-order valence-corrected chi connectivity index (χ2v) is 6.63. The lowest BCUT2D eigenvalue weighted by molar-refractivity contribution is 0.127. The van der Waals surface area contributed by atoms with E-state index >= 15 is 0 Å². The molecule has 1 rings (SSSR count). The first-order chi connectivity index (χ1) is 8.04. The van der Waals surface area contributed by atoms with Crippen molar-refractivity contribution in [2.24, 2.45) is 0 Å². The van der Waals surface area contributed by atoms with E-state index in [4.69, 9.17) is 4.52 Å². The summed E-state index contributed by atoms with van der Waals surface area (Å²) in [5.74, 6) is 1.21. The average Bonchev–Trinajstić information content (AvgIpc) is 2.38. The van der Waals surface area contributed by atoms with E-state index in [0.29, 0.717) is 5.56 Å². The fourth-order valence-electron chi connectivity index (χ4n) is 1.55. The maximum absolute atomic E-state index is 12.6. The second-order valence-electron chi connectivity index (χ2n) is 3.51. The predicted octanol–water partition coefficient (Wildman–Crippen LogP) is 3.68. The van der Waals surface area contributed by atoms with E-state index in [0.717, 1.165) is 0 Å². The molecule has 0 spiro atoms. The van der Waals surface area contributed by atoms with E-state index in [-0.39, 0.29) is 11.9 Å². The lowest BCUT2D eigenvalue weighted by Crippen LogP contribution is -2.28. The maximum Gasteiger partial charge on any atom is 0.260 e. The fraction of sp³-hybridized carbons (Fsp3) is 0.333. The minimum absolute atomic E-state index is 0.118. The zero-order valence-electron chi connectivity index (χ0n) is 9.67. The Morgan fingerprint density at radius 1 is 1.53 bits per heavy atom. The summed E-state index contributed by atoms with van der Waals surface area (Å²) in [5, 5.41) is 9.18. The van der Waals surface area contributed by atoms with Crippen molar-refractivity contribution >= 4 is 23.3 Å². The molecule has 0 heterocycles. The van der Waals surface area contributed by atoms with Crippen LogP contribution in [0.1, 0.15) is 12.5 Å². The van der Waals surface area contributed by atoms with E-state index in [1.165, 1.54) is 5.82 Å². The summed E-state index contributed by atoms with van der Waals surface area (Å²) in [6, 6.07) is 8.83. The number of alkyl halides is 1. The smallest absolute Gasteiger partial charge is 0.260 e. The molecule has 0 saturated heterocycles. The standard InChI is InChI=1S/C12H16BrO3P/c1-3-16-17(15,4-2)12(14,10-13)11-8-6-5-7-9-11/h4-9,14H,2-3,10H2,1H3/t12-,17-/m0/s1. The minimum Gasteiger partial charge on any atom is -0.374 e. The van der Waals surface area contributed by atoms with Crippen molar-refractivity contribution < 1.29 is 14.2 Å². The van der Waals surface area contributed by atoms with Crippen molar-refractivity contribution in [3.63, 3.8) is 0 Å². The predicted molar refractivity (Wildman–Crippen MR) is 73.6 cm³/mol. The summed E-state index contributed by atoms with van der Waals surface area (Å²) in [6.07, 6.45) is 0. The Kier molecular flexibility index (Phi) is 5.14. The highest BCUT2D eigenvalue weighted by Crippen LogP contribution is 2.64. The molecule has 0 bridgehead atoms. The molecular weight excluding hydrogens is 303 g/mol. The highest BCUT2D eigenvalue weighted by atomic mass is 79.9. The van der Waals surface area contributed by atoms with Crippen LogP contribution < -0.4 is 0 Å². The van der Waals surface area contributed by atoms with E-state index in [1.54, 1.807) is 31.2 Å². The topological polar surface area (TPSA) is 46.5 Å². The first-order valence-corrected chi connectivity index (χ1v) is 8.07. The van der Waals surface area contributed by atoms with Gasteiger partial charge in [0.25, 0.3) is 7.37 Å². The van der Waals surface area contributed by atoms with Gasteiger partial charge in [0.15, 0.2) is 5.34 Å². The molecule has 2 atom stereocenters. The van der Waals surface area contributed by atoms with Crippen LogP contribution in [0.25, 0.3) is 0 Å². The molecule has 0 aliphatic heterocycles. The molecule has 0 aromatic heterocycles. The average molecular weight is 319 g/mol. The van der Waals surface area contributed by atoms with Crippen LogP contribution in [0, 0.1) is 0 Å². The van der Waals surface area contributed by atoms with Crippen LogP contribution in [0.4, 0.5) is 0 Å². The van der Waals surface area contributed by atoms with E-state index < -0.39 is 12.7 Å². The summed E-state index contributed by atoms with van der Waals surface area (Å²) in [4.78, 5) is 0. The molecule has 0 unspecified atom stereocenters. The molecule has 17 heavy (non-hydrogen) atoms. The molecular formula is C12H16BrO3P. The summed E-state index contributed by atoms with van der Waals surface area (Å²) < 4.78 is 17.9. The van der Waals surface area contributed by atoms with Crippen molar-refractivity contribution in [1.29, 1.82) is 0 Å². The van der Waals surface area contributed by atoms with E-state index in [9.17, 15) is 9.67 Å². The zero-order valence-corrected chi connectivity index (χ0v) is 12.2. The molecule has 1 aromatic carbocycles.